The van der Waals surface area contributed by atoms with Crippen molar-refractivity contribution in [1.29, 1.82) is 10.5 Å². The summed E-state index contributed by atoms with van der Waals surface area (Å²) in [6.07, 6.45) is 1.52. The lowest BCUT2D eigenvalue weighted by atomic mass is 10.1. The fraction of sp³-hybridized carbons (Fsp3) is 0.174. The number of nitrogens with zero attached hydrogens (tertiary/aromatic N) is 4. The molecule has 168 valence electrons. The zero-order chi connectivity index (χ0) is 24.0. The molecule has 3 aromatic rings. The second kappa shape index (κ2) is 10.5. The topological polar surface area (TPSA) is 130 Å². The number of aliphatic hydroxyl groups excluding tert-OH is 1. The minimum absolute atomic E-state index is 0.0462. The van der Waals surface area contributed by atoms with Gasteiger partial charge in [-0.15, -0.1) is 0 Å². The fourth-order valence-electron chi connectivity index (χ4n) is 3.07. The minimum Gasteiger partial charge on any atom is -0.493 e. The smallest absolute Gasteiger partial charge is 0.161 e. The van der Waals surface area contributed by atoms with Crippen LogP contribution in [0.2, 0.25) is 5.02 Å². The Morgan fingerprint density at radius 1 is 1.30 bits per heavy atom. The van der Waals surface area contributed by atoms with Crippen LogP contribution >= 0.6 is 11.6 Å². The normalized spacial score (nSPS) is 11.0. The first-order chi connectivity index (χ1) is 15.9. The Morgan fingerprint density at radius 3 is 2.73 bits per heavy atom. The van der Waals surface area contributed by atoms with E-state index in [9.17, 15) is 14.9 Å². The van der Waals surface area contributed by atoms with Gasteiger partial charge in [0.2, 0.25) is 0 Å². The number of rotatable bonds is 8. The molecular weight excluding hydrogens is 449 g/mol. The van der Waals surface area contributed by atoms with Gasteiger partial charge in [-0.05, 0) is 35.9 Å². The fourth-order valence-corrected chi connectivity index (χ4v) is 3.29. The highest BCUT2D eigenvalue weighted by atomic mass is 35.5. The molecule has 3 rings (SSSR count). The predicted octanol–water partition coefficient (Wildman–Crippen LogP) is 3.77. The lowest BCUT2D eigenvalue weighted by molar-refractivity contribution is 0.270. The van der Waals surface area contributed by atoms with Crippen LogP contribution in [0.5, 0.6) is 11.5 Å². The molecule has 0 unspecified atom stereocenters. The van der Waals surface area contributed by atoms with Crippen molar-refractivity contribution in [2.75, 3.05) is 19.5 Å². The van der Waals surface area contributed by atoms with Gasteiger partial charge in [-0.3, -0.25) is 0 Å². The first-order valence-corrected chi connectivity index (χ1v) is 10.0. The van der Waals surface area contributed by atoms with Gasteiger partial charge in [0.1, 0.15) is 41.6 Å². The Hall–Kier alpha value is -4.05. The quantitative estimate of drug-likeness (QED) is 0.482. The molecule has 0 spiro atoms. The third kappa shape index (κ3) is 5.07. The maximum Gasteiger partial charge on any atom is 0.161 e. The number of anilines is 1. The number of nitrogens with two attached hydrogens (primary N) is 1. The Bertz CT molecular complexity index is 1270. The van der Waals surface area contributed by atoms with Gasteiger partial charge >= 0.3 is 0 Å². The summed E-state index contributed by atoms with van der Waals surface area (Å²) in [5, 5.41) is 32.7. The van der Waals surface area contributed by atoms with Gasteiger partial charge < -0.3 is 20.3 Å². The summed E-state index contributed by atoms with van der Waals surface area (Å²) >= 11 is 6.04. The number of hydrogen-bond donors (Lipinski definition) is 2. The number of methoxy groups -OCH3 is 1. The number of ether oxygens (including phenoxy) is 2. The second-order valence-electron chi connectivity index (χ2n) is 6.74. The van der Waals surface area contributed by atoms with Crippen LogP contribution in [0.1, 0.15) is 22.4 Å². The number of nitrogen functional groups attached to an aromatic ring is 1. The molecular formula is C23H19ClFN5O3. The molecule has 0 aliphatic rings. The van der Waals surface area contributed by atoms with Crippen LogP contribution in [0.25, 0.3) is 11.6 Å². The van der Waals surface area contributed by atoms with Crippen molar-refractivity contribution >= 4 is 29.1 Å². The van der Waals surface area contributed by atoms with Crippen molar-refractivity contribution in [3.63, 3.8) is 0 Å². The molecule has 3 N–H and O–H groups in total. The molecule has 8 nitrogen and oxygen atoms in total. The van der Waals surface area contributed by atoms with E-state index < -0.39 is 5.82 Å². The second-order valence-corrected chi connectivity index (χ2v) is 7.14. The van der Waals surface area contributed by atoms with Gasteiger partial charge in [0.15, 0.2) is 11.5 Å². The molecule has 0 fully saturated rings. The molecule has 0 radical (unpaired) electrons. The monoisotopic (exact) mass is 467 g/mol. The van der Waals surface area contributed by atoms with Gasteiger partial charge in [0, 0.05) is 5.56 Å². The number of allylic oxidation sites excluding steroid dienone is 1. The summed E-state index contributed by atoms with van der Waals surface area (Å²) in [6, 6.07) is 13.2. The van der Waals surface area contributed by atoms with Crippen LogP contribution in [-0.2, 0) is 13.2 Å². The summed E-state index contributed by atoms with van der Waals surface area (Å²) in [6.45, 7) is -0.239. The number of hydrogen-bond acceptors (Lipinski definition) is 7. The summed E-state index contributed by atoms with van der Waals surface area (Å²) in [5.41, 5.74) is 6.96. The molecule has 0 saturated heterocycles. The summed E-state index contributed by atoms with van der Waals surface area (Å²) in [5.74, 6) is 0.282. The Kier molecular flexibility index (Phi) is 7.52. The van der Waals surface area contributed by atoms with Crippen LogP contribution in [0.4, 0.5) is 10.2 Å². The molecule has 33 heavy (non-hydrogen) atoms. The Labute approximate surface area is 194 Å². The number of aliphatic hydroxyl groups is 1. The zero-order valence-electron chi connectivity index (χ0n) is 17.5. The predicted molar refractivity (Wildman–Crippen MR) is 121 cm³/mol. The molecule has 1 aromatic heterocycles. The van der Waals surface area contributed by atoms with E-state index >= 15 is 0 Å². The number of aromatic nitrogens is 2. The standard InChI is InChI=1S/C23H19ClFN5O3/c1-32-21-10-14(5-6-20(21)33-13-17-18(24)3-2-4-19(17)25)9-15(11-26)22-16(12-27)23(28)30(29-22)7-8-31/h2-6,9-10,31H,7-8,13,28H2,1H3. The number of nitriles is 2. The maximum atomic E-state index is 14.0. The molecule has 0 bridgehead atoms. The van der Waals surface area contributed by atoms with E-state index in [0.29, 0.717) is 17.1 Å². The van der Waals surface area contributed by atoms with Crippen LogP contribution in [0.3, 0.4) is 0 Å². The highest BCUT2D eigenvalue weighted by Crippen LogP contribution is 2.32. The van der Waals surface area contributed by atoms with Crippen molar-refractivity contribution in [1.82, 2.24) is 9.78 Å². The van der Waals surface area contributed by atoms with E-state index in [-0.39, 0.29) is 53.0 Å². The summed E-state index contributed by atoms with van der Waals surface area (Å²) < 4.78 is 26.3. The van der Waals surface area contributed by atoms with Crippen molar-refractivity contribution < 1.29 is 19.0 Å². The Balaban J connectivity index is 1.92. The highest BCUT2D eigenvalue weighted by Gasteiger charge is 2.19. The minimum atomic E-state index is -0.479. The van der Waals surface area contributed by atoms with Crippen molar-refractivity contribution in [2.45, 2.75) is 13.2 Å². The van der Waals surface area contributed by atoms with Crippen LogP contribution in [-0.4, -0.2) is 28.6 Å². The van der Waals surface area contributed by atoms with Crippen molar-refractivity contribution in [3.05, 3.63) is 69.6 Å². The van der Waals surface area contributed by atoms with E-state index in [1.807, 2.05) is 12.1 Å². The van der Waals surface area contributed by atoms with E-state index in [4.69, 9.17) is 31.9 Å². The van der Waals surface area contributed by atoms with Crippen LogP contribution < -0.4 is 15.2 Å². The van der Waals surface area contributed by atoms with Gasteiger partial charge in [0.25, 0.3) is 0 Å². The van der Waals surface area contributed by atoms with E-state index in [1.165, 1.54) is 30.0 Å². The van der Waals surface area contributed by atoms with Gasteiger partial charge in [-0.1, -0.05) is 23.7 Å². The number of halogens is 2. The third-order valence-corrected chi connectivity index (χ3v) is 5.08. The zero-order valence-corrected chi connectivity index (χ0v) is 18.3. The lowest BCUT2D eigenvalue weighted by Crippen LogP contribution is -2.07. The average Bonchev–Trinajstić information content (AvgIpc) is 3.12. The number of benzene rings is 2. The van der Waals surface area contributed by atoms with Crippen LogP contribution in [0, 0.1) is 28.5 Å². The van der Waals surface area contributed by atoms with E-state index in [0.717, 1.165) is 0 Å². The van der Waals surface area contributed by atoms with E-state index in [2.05, 4.69) is 5.10 Å². The lowest BCUT2D eigenvalue weighted by Gasteiger charge is -2.12. The molecule has 0 saturated carbocycles. The molecule has 0 amide bonds. The van der Waals surface area contributed by atoms with Gasteiger partial charge in [-0.25, -0.2) is 9.07 Å². The maximum absolute atomic E-state index is 14.0. The van der Waals surface area contributed by atoms with Crippen LogP contribution in [0.15, 0.2) is 36.4 Å². The molecule has 2 aromatic carbocycles. The summed E-state index contributed by atoms with van der Waals surface area (Å²) in [7, 11) is 1.45. The largest absolute Gasteiger partial charge is 0.493 e. The molecule has 1 heterocycles. The molecule has 0 aliphatic carbocycles. The first kappa shape index (κ1) is 23.6. The van der Waals surface area contributed by atoms with Gasteiger partial charge in [0.05, 0.1) is 30.9 Å². The highest BCUT2D eigenvalue weighted by molar-refractivity contribution is 6.31. The van der Waals surface area contributed by atoms with Crippen molar-refractivity contribution in [2.24, 2.45) is 0 Å². The van der Waals surface area contributed by atoms with E-state index in [1.54, 1.807) is 24.3 Å². The average molecular weight is 468 g/mol. The Morgan fingerprint density at radius 2 is 2.09 bits per heavy atom. The van der Waals surface area contributed by atoms with Gasteiger partial charge in [-0.2, -0.15) is 15.6 Å². The first-order valence-electron chi connectivity index (χ1n) is 9.66. The molecule has 0 atom stereocenters. The molecule has 10 heteroatoms. The SMILES string of the molecule is COc1cc(C=C(C#N)c2nn(CCO)c(N)c2C#N)ccc1OCc1c(F)cccc1Cl. The van der Waals surface area contributed by atoms with Crippen molar-refractivity contribution in [3.8, 4) is 23.6 Å². The molecule has 0 aliphatic heterocycles. The third-order valence-electron chi connectivity index (χ3n) is 4.72. The summed E-state index contributed by atoms with van der Waals surface area (Å²) in [4.78, 5) is 0.